The number of rotatable bonds is 5. The van der Waals surface area contributed by atoms with Gasteiger partial charge in [-0.15, -0.1) is 11.3 Å². The van der Waals surface area contributed by atoms with Crippen molar-refractivity contribution < 1.29 is 4.79 Å². The van der Waals surface area contributed by atoms with Gasteiger partial charge < -0.3 is 11.1 Å². The van der Waals surface area contributed by atoms with E-state index in [2.05, 4.69) is 5.32 Å². The summed E-state index contributed by atoms with van der Waals surface area (Å²) in [4.78, 5) is 13.1. The third kappa shape index (κ3) is 3.94. The van der Waals surface area contributed by atoms with Crippen molar-refractivity contribution in [2.24, 2.45) is 11.1 Å². The van der Waals surface area contributed by atoms with Crippen LogP contribution in [0.1, 0.15) is 18.7 Å². The standard InChI is InChI=1S/C11H15ClN2OS2/c1-11(2,9(13)16)10(15)14-6-5-7-3-4-8(12)17-7/h3-4H,5-6H2,1-2H3,(H2,13,16)(H,14,15). The molecule has 1 heterocycles. The van der Waals surface area contributed by atoms with Gasteiger partial charge in [0.15, 0.2) is 0 Å². The van der Waals surface area contributed by atoms with Gasteiger partial charge in [-0.1, -0.05) is 23.8 Å². The normalized spacial score (nSPS) is 11.2. The zero-order valence-electron chi connectivity index (χ0n) is 9.75. The third-order valence-electron chi connectivity index (χ3n) is 2.47. The molecule has 3 N–H and O–H groups in total. The van der Waals surface area contributed by atoms with Crippen LogP contribution in [0.25, 0.3) is 0 Å². The van der Waals surface area contributed by atoms with Gasteiger partial charge in [0.05, 0.1) is 14.7 Å². The van der Waals surface area contributed by atoms with E-state index in [9.17, 15) is 4.79 Å². The highest BCUT2D eigenvalue weighted by Gasteiger charge is 2.30. The number of carbonyl (C=O) groups is 1. The minimum atomic E-state index is -0.803. The molecule has 0 unspecified atom stereocenters. The molecule has 0 fully saturated rings. The Balaban J connectivity index is 2.42. The Hall–Kier alpha value is -0.650. The Morgan fingerprint density at radius 1 is 1.59 bits per heavy atom. The van der Waals surface area contributed by atoms with Crippen molar-refractivity contribution in [2.75, 3.05) is 6.54 Å². The van der Waals surface area contributed by atoms with Crippen LogP contribution in [0.5, 0.6) is 0 Å². The fraction of sp³-hybridized carbons (Fsp3) is 0.455. The van der Waals surface area contributed by atoms with E-state index in [1.807, 2.05) is 12.1 Å². The molecule has 3 nitrogen and oxygen atoms in total. The van der Waals surface area contributed by atoms with Gasteiger partial charge in [-0.2, -0.15) is 0 Å². The molecule has 0 aliphatic rings. The molecule has 6 heteroatoms. The number of thiophene rings is 1. The fourth-order valence-electron chi connectivity index (χ4n) is 1.12. The number of nitrogens with one attached hydrogen (secondary N) is 1. The highest BCUT2D eigenvalue weighted by Crippen LogP contribution is 2.21. The van der Waals surface area contributed by atoms with Crippen molar-refractivity contribution >= 4 is 46.1 Å². The van der Waals surface area contributed by atoms with Crippen molar-refractivity contribution in [3.8, 4) is 0 Å². The second kappa shape index (κ2) is 5.80. The van der Waals surface area contributed by atoms with Crippen LogP contribution in [-0.2, 0) is 11.2 Å². The van der Waals surface area contributed by atoms with Crippen molar-refractivity contribution in [3.05, 3.63) is 21.3 Å². The number of hydrogen-bond donors (Lipinski definition) is 2. The first-order valence-corrected chi connectivity index (χ1v) is 6.76. The summed E-state index contributed by atoms with van der Waals surface area (Å²) >= 11 is 12.2. The van der Waals surface area contributed by atoms with E-state index in [-0.39, 0.29) is 10.9 Å². The Morgan fingerprint density at radius 3 is 2.71 bits per heavy atom. The summed E-state index contributed by atoms with van der Waals surface area (Å²) in [7, 11) is 0. The number of hydrogen-bond acceptors (Lipinski definition) is 3. The van der Waals surface area contributed by atoms with Crippen LogP contribution in [0.15, 0.2) is 12.1 Å². The van der Waals surface area contributed by atoms with Crippen LogP contribution in [0, 0.1) is 5.41 Å². The molecular formula is C11H15ClN2OS2. The molecule has 1 rings (SSSR count). The molecule has 17 heavy (non-hydrogen) atoms. The van der Waals surface area contributed by atoms with Gasteiger partial charge in [-0.05, 0) is 32.4 Å². The molecular weight excluding hydrogens is 276 g/mol. The van der Waals surface area contributed by atoms with Crippen molar-refractivity contribution in [1.29, 1.82) is 0 Å². The molecule has 0 aliphatic heterocycles. The van der Waals surface area contributed by atoms with E-state index in [1.54, 1.807) is 13.8 Å². The van der Waals surface area contributed by atoms with Crippen LogP contribution in [0.3, 0.4) is 0 Å². The van der Waals surface area contributed by atoms with Gasteiger partial charge in [0, 0.05) is 11.4 Å². The smallest absolute Gasteiger partial charge is 0.232 e. The zero-order chi connectivity index (χ0) is 13.1. The Kier molecular flexibility index (Phi) is 4.91. The number of halogens is 1. The van der Waals surface area contributed by atoms with Crippen LogP contribution in [0.4, 0.5) is 0 Å². The predicted octanol–water partition coefficient (Wildman–Crippen LogP) is 2.37. The van der Waals surface area contributed by atoms with Gasteiger partial charge in [0.1, 0.15) is 0 Å². The van der Waals surface area contributed by atoms with E-state index in [1.165, 1.54) is 11.3 Å². The number of nitrogens with two attached hydrogens (primary N) is 1. The minimum absolute atomic E-state index is 0.146. The Morgan fingerprint density at radius 2 is 2.24 bits per heavy atom. The zero-order valence-corrected chi connectivity index (χ0v) is 12.1. The minimum Gasteiger partial charge on any atom is -0.392 e. The second-order valence-corrected chi connectivity index (χ2v) is 6.44. The first-order chi connectivity index (χ1) is 7.84. The third-order valence-corrected chi connectivity index (χ3v) is 4.27. The first kappa shape index (κ1) is 14.4. The van der Waals surface area contributed by atoms with E-state index in [0.29, 0.717) is 6.54 Å². The van der Waals surface area contributed by atoms with E-state index in [0.717, 1.165) is 15.6 Å². The molecule has 94 valence electrons. The van der Waals surface area contributed by atoms with Crippen LogP contribution < -0.4 is 11.1 Å². The highest BCUT2D eigenvalue weighted by molar-refractivity contribution is 7.80. The molecule has 0 aromatic carbocycles. The first-order valence-electron chi connectivity index (χ1n) is 5.16. The molecule has 0 atom stereocenters. The van der Waals surface area contributed by atoms with Gasteiger partial charge in [0.25, 0.3) is 0 Å². The molecule has 0 saturated carbocycles. The lowest BCUT2D eigenvalue weighted by atomic mass is 9.92. The lowest BCUT2D eigenvalue weighted by Crippen LogP contribution is -2.45. The molecule has 0 radical (unpaired) electrons. The average molecular weight is 291 g/mol. The Bertz CT molecular complexity index is 429. The van der Waals surface area contributed by atoms with Gasteiger partial charge in [-0.3, -0.25) is 4.79 Å². The summed E-state index contributed by atoms with van der Waals surface area (Å²) in [5.41, 5.74) is 4.71. The number of thiocarbonyl (C=S) groups is 1. The molecule has 1 aromatic rings. The summed E-state index contributed by atoms with van der Waals surface area (Å²) in [5.74, 6) is -0.146. The molecule has 0 bridgehead atoms. The summed E-state index contributed by atoms with van der Waals surface area (Å²) < 4.78 is 0.759. The number of carbonyl (C=O) groups excluding carboxylic acids is 1. The molecule has 1 aromatic heterocycles. The second-order valence-electron chi connectivity index (χ2n) is 4.20. The molecule has 1 amide bonds. The topological polar surface area (TPSA) is 55.1 Å². The summed E-state index contributed by atoms with van der Waals surface area (Å²) in [5, 5.41) is 2.82. The molecule has 0 spiro atoms. The van der Waals surface area contributed by atoms with Crippen molar-refractivity contribution in [2.45, 2.75) is 20.3 Å². The van der Waals surface area contributed by atoms with Crippen molar-refractivity contribution in [1.82, 2.24) is 5.32 Å². The highest BCUT2D eigenvalue weighted by atomic mass is 35.5. The summed E-state index contributed by atoms with van der Waals surface area (Å²) in [6.07, 6.45) is 0.760. The van der Waals surface area contributed by atoms with Gasteiger partial charge in [-0.25, -0.2) is 0 Å². The van der Waals surface area contributed by atoms with Crippen LogP contribution >= 0.6 is 35.2 Å². The maximum absolute atomic E-state index is 11.8. The maximum Gasteiger partial charge on any atom is 0.232 e. The van der Waals surface area contributed by atoms with E-state index >= 15 is 0 Å². The maximum atomic E-state index is 11.8. The van der Waals surface area contributed by atoms with Crippen LogP contribution in [0.2, 0.25) is 4.34 Å². The van der Waals surface area contributed by atoms with Gasteiger partial charge >= 0.3 is 0 Å². The Labute approximate surface area is 115 Å². The fourth-order valence-corrected chi connectivity index (χ4v) is 2.30. The summed E-state index contributed by atoms with van der Waals surface area (Å²) in [6.45, 7) is 3.99. The average Bonchev–Trinajstić information content (AvgIpc) is 2.63. The molecule has 0 aliphatic carbocycles. The van der Waals surface area contributed by atoms with E-state index in [4.69, 9.17) is 29.6 Å². The van der Waals surface area contributed by atoms with E-state index < -0.39 is 5.41 Å². The quantitative estimate of drug-likeness (QED) is 0.819. The van der Waals surface area contributed by atoms with Crippen molar-refractivity contribution in [3.63, 3.8) is 0 Å². The lowest BCUT2D eigenvalue weighted by molar-refractivity contribution is -0.126. The summed E-state index contributed by atoms with van der Waals surface area (Å²) in [6, 6.07) is 3.81. The SMILES string of the molecule is CC(C)(C(=O)NCCc1ccc(Cl)s1)C(N)=S. The number of amides is 1. The predicted molar refractivity (Wildman–Crippen MR) is 76.6 cm³/mol. The van der Waals surface area contributed by atoms with Gasteiger partial charge in [0.2, 0.25) is 5.91 Å². The largest absolute Gasteiger partial charge is 0.392 e. The van der Waals surface area contributed by atoms with Crippen LogP contribution in [-0.4, -0.2) is 17.4 Å². The molecule has 0 saturated heterocycles. The lowest BCUT2D eigenvalue weighted by Gasteiger charge is -2.21. The monoisotopic (exact) mass is 290 g/mol.